The van der Waals surface area contributed by atoms with Crippen molar-refractivity contribution in [1.82, 2.24) is 9.97 Å². The second kappa shape index (κ2) is 5.14. The molecule has 6 heteroatoms. The topological polar surface area (TPSA) is 66.0 Å². The number of rotatable bonds is 2. The zero-order valence-corrected chi connectivity index (χ0v) is 11.9. The van der Waals surface area contributed by atoms with Crippen LogP contribution in [-0.2, 0) is 0 Å². The summed E-state index contributed by atoms with van der Waals surface area (Å²) in [6, 6.07) is 7.22. The number of aromatic nitrogens is 2. The van der Waals surface area contributed by atoms with Crippen molar-refractivity contribution in [3.63, 3.8) is 0 Å². The number of thiophene rings is 1. The minimum Gasteiger partial charge on any atom is -0.493 e. The maximum atomic E-state index is 12.9. The van der Waals surface area contributed by atoms with Crippen molar-refractivity contribution < 1.29 is 9.50 Å². The van der Waals surface area contributed by atoms with E-state index in [9.17, 15) is 14.3 Å². The van der Waals surface area contributed by atoms with Crippen LogP contribution >= 0.6 is 11.3 Å². The van der Waals surface area contributed by atoms with E-state index in [4.69, 9.17) is 0 Å². The van der Waals surface area contributed by atoms with Crippen LogP contribution in [0.3, 0.4) is 0 Å². The Hall–Kier alpha value is -2.47. The summed E-state index contributed by atoms with van der Waals surface area (Å²) in [6.07, 6.45) is 0. The van der Waals surface area contributed by atoms with E-state index in [0.717, 1.165) is 10.4 Å². The molecule has 0 atom stereocenters. The van der Waals surface area contributed by atoms with Gasteiger partial charge in [0.05, 0.1) is 4.88 Å². The Kier molecular flexibility index (Phi) is 3.31. The molecule has 0 amide bonds. The average molecular weight is 302 g/mol. The van der Waals surface area contributed by atoms with Gasteiger partial charge in [-0.3, -0.25) is 4.79 Å². The fourth-order valence-electron chi connectivity index (χ4n) is 2.06. The highest BCUT2D eigenvalue weighted by atomic mass is 32.1. The summed E-state index contributed by atoms with van der Waals surface area (Å²) in [5.74, 6) is -0.447. The highest BCUT2D eigenvalue weighted by Crippen LogP contribution is 2.29. The Bertz CT molecular complexity index is 853. The molecule has 2 heterocycles. The number of aromatic amines is 1. The van der Waals surface area contributed by atoms with Crippen LogP contribution in [-0.4, -0.2) is 15.1 Å². The molecule has 2 N–H and O–H groups in total. The third-order valence-corrected chi connectivity index (χ3v) is 4.13. The van der Waals surface area contributed by atoms with Crippen molar-refractivity contribution in [1.29, 1.82) is 0 Å². The van der Waals surface area contributed by atoms with Crippen LogP contribution in [0.5, 0.6) is 5.88 Å². The fourth-order valence-corrected chi connectivity index (χ4v) is 2.93. The largest absolute Gasteiger partial charge is 0.493 e. The number of aryl methyl sites for hydroxylation is 1. The zero-order chi connectivity index (χ0) is 15.0. The number of halogens is 1. The van der Waals surface area contributed by atoms with Crippen LogP contribution in [0.4, 0.5) is 4.39 Å². The molecule has 0 spiro atoms. The minimum atomic E-state index is -0.461. The maximum absolute atomic E-state index is 12.9. The van der Waals surface area contributed by atoms with Gasteiger partial charge < -0.3 is 10.1 Å². The van der Waals surface area contributed by atoms with E-state index >= 15 is 0 Å². The minimum absolute atomic E-state index is 0.0351. The summed E-state index contributed by atoms with van der Waals surface area (Å²) in [5.41, 5.74) is 0.957. The lowest BCUT2D eigenvalue weighted by atomic mass is 10.1. The number of hydrogen-bond acceptors (Lipinski definition) is 4. The van der Waals surface area contributed by atoms with Gasteiger partial charge in [0.15, 0.2) is 5.82 Å². The van der Waals surface area contributed by atoms with E-state index in [2.05, 4.69) is 9.97 Å². The SMILES string of the molecule is Cc1ccsc1-c1nc(O)c(-c2ccc(F)cc2)c(=O)[nH]1. The van der Waals surface area contributed by atoms with Gasteiger partial charge in [0.2, 0.25) is 5.88 Å². The molecule has 1 aromatic carbocycles. The van der Waals surface area contributed by atoms with E-state index in [0.29, 0.717) is 11.4 Å². The van der Waals surface area contributed by atoms with Crippen LogP contribution in [0.2, 0.25) is 0 Å². The first-order valence-electron chi connectivity index (χ1n) is 6.20. The molecular formula is C15H11FN2O2S. The van der Waals surface area contributed by atoms with Gasteiger partial charge in [0, 0.05) is 0 Å². The maximum Gasteiger partial charge on any atom is 0.262 e. The van der Waals surface area contributed by atoms with Crippen LogP contribution in [0.1, 0.15) is 5.56 Å². The summed E-state index contributed by atoms with van der Waals surface area (Å²) >= 11 is 1.43. The van der Waals surface area contributed by atoms with Crippen LogP contribution < -0.4 is 5.56 Å². The highest BCUT2D eigenvalue weighted by molar-refractivity contribution is 7.13. The van der Waals surface area contributed by atoms with Crippen molar-refractivity contribution in [3.05, 3.63) is 57.4 Å². The molecule has 0 saturated carbocycles. The van der Waals surface area contributed by atoms with Gasteiger partial charge in [-0.15, -0.1) is 11.3 Å². The molecule has 0 aliphatic rings. The fraction of sp³-hybridized carbons (Fsp3) is 0.0667. The monoisotopic (exact) mass is 302 g/mol. The molecular weight excluding hydrogens is 291 g/mol. The predicted molar refractivity (Wildman–Crippen MR) is 80.0 cm³/mol. The predicted octanol–water partition coefficient (Wildman–Crippen LogP) is 3.32. The first kappa shape index (κ1) is 13.5. The lowest BCUT2D eigenvalue weighted by Crippen LogP contribution is -2.12. The number of benzene rings is 1. The van der Waals surface area contributed by atoms with E-state index in [1.807, 2.05) is 18.4 Å². The quantitative estimate of drug-likeness (QED) is 0.763. The van der Waals surface area contributed by atoms with Crippen LogP contribution in [0, 0.1) is 12.7 Å². The van der Waals surface area contributed by atoms with Crippen LogP contribution in [0.25, 0.3) is 21.8 Å². The van der Waals surface area contributed by atoms with Gasteiger partial charge in [-0.05, 0) is 41.6 Å². The van der Waals surface area contributed by atoms with Crippen molar-refractivity contribution in [2.24, 2.45) is 0 Å². The van der Waals surface area contributed by atoms with Crippen molar-refractivity contribution in [2.45, 2.75) is 6.92 Å². The Labute approximate surface area is 123 Å². The molecule has 106 valence electrons. The second-order valence-corrected chi connectivity index (χ2v) is 5.47. The molecule has 0 fully saturated rings. The van der Waals surface area contributed by atoms with Gasteiger partial charge in [0.25, 0.3) is 5.56 Å². The third-order valence-electron chi connectivity index (χ3n) is 3.11. The second-order valence-electron chi connectivity index (χ2n) is 4.55. The molecule has 0 aliphatic carbocycles. The van der Waals surface area contributed by atoms with Crippen molar-refractivity contribution in [2.75, 3.05) is 0 Å². The number of hydrogen-bond donors (Lipinski definition) is 2. The Morgan fingerprint density at radius 2 is 1.95 bits per heavy atom. The standard InChI is InChI=1S/C15H11FN2O2S/c1-8-6-7-21-12(8)13-17-14(19)11(15(20)18-13)9-2-4-10(16)5-3-9/h2-7H,1H3,(H2,17,18,19,20). The third kappa shape index (κ3) is 2.45. The summed E-state index contributed by atoms with van der Waals surface area (Å²) in [6.45, 7) is 1.90. The first-order chi connectivity index (χ1) is 10.1. The smallest absolute Gasteiger partial charge is 0.262 e. The molecule has 2 aromatic heterocycles. The van der Waals surface area contributed by atoms with E-state index < -0.39 is 11.4 Å². The van der Waals surface area contributed by atoms with Crippen molar-refractivity contribution in [3.8, 4) is 27.7 Å². The molecule has 0 saturated heterocycles. The van der Waals surface area contributed by atoms with Gasteiger partial charge >= 0.3 is 0 Å². The average Bonchev–Trinajstić information content (AvgIpc) is 2.86. The highest BCUT2D eigenvalue weighted by Gasteiger charge is 2.15. The number of aromatic hydroxyl groups is 1. The van der Waals surface area contributed by atoms with E-state index in [1.54, 1.807) is 0 Å². The summed E-state index contributed by atoms with van der Waals surface area (Å²) in [5, 5.41) is 11.9. The van der Waals surface area contributed by atoms with Crippen molar-refractivity contribution >= 4 is 11.3 Å². The summed E-state index contributed by atoms with van der Waals surface area (Å²) in [4.78, 5) is 19.7. The molecule has 0 unspecified atom stereocenters. The number of H-pyrrole nitrogens is 1. The Balaban J connectivity index is 2.15. The van der Waals surface area contributed by atoms with Gasteiger partial charge in [-0.1, -0.05) is 12.1 Å². The molecule has 0 aliphatic heterocycles. The van der Waals surface area contributed by atoms with Gasteiger partial charge in [0.1, 0.15) is 11.4 Å². The van der Waals surface area contributed by atoms with E-state index in [1.165, 1.54) is 35.6 Å². The summed E-state index contributed by atoms with van der Waals surface area (Å²) in [7, 11) is 0. The molecule has 3 aromatic rings. The lowest BCUT2D eigenvalue weighted by Gasteiger charge is -2.06. The molecule has 0 bridgehead atoms. The molecule has 3 rings (SSSR count). The normalized spacial score (nSPS) is 10.8. The summed E-state index contributed by atoms with van der Waals surface area (Å²) < 4.78 is 12.9. The number of nitrogens with one attached hydrogen (secondary N) is 1. The lowest BCUT2D eigenvalue weighted by molar-refractivity contribution is 0.454. The van der Waals surface area contributed by atoms with Crippen LogP contribution in [0.15, 0.2) is 40.5 Å². The Morgan fingerprint density at radius 3 is 2.52 bits per heavy atom. The first-order valence-corrected chi connectivity index (χ1v) is 7.08. The van der Waals surface area contributed by atoms with E-state index in [-0.39, 0.29) is 11.4 Å². The van der Waals surface area contributed by atoms with Gasteiger partial charge in [-0.2, -0.15) is 4.98 Å². The molecule has 0 radical (unpaired) electrons. The molecule has 21 heavy (non-hydrogen) atoms. The molecule has 4 nitrogen and oxygen atoms in total. The number of nitrogens with zero attached hydrogens (tertiary/aromatic N) is 1. The zero-order valence-electron chi connectivity index (χ0n) is 11.1. The van der Waals surface area contributed by atoms with Gasteiger partial charge in [-0.25, -0.2) is 4.39 Å². The Morgan fingerprint density at radius 1 is 1.24 bits per heavy atom.